The van der Waals surface area contributed by atoms with Crippen LogP contribution in [0.1, 0.15) is 38.2 Å². The highest BCUT2D eigenvalue weighted by molar-refractivity contribution is 6.42. The molecule has 0 radical (unpaired) electrons. The summed E-state index contributed by atoms with van der Waals surface area (Å²) in [6.07, 6.45) is 2.65. The molecule has 1 unspecified atom stereocenters. The van der Waals surface area contributed by atoms with Crippen LogP contribution in [0, 0.1) is 5.92 Å². The van der Waals surface area contributed by atoms with Crippen molar-refractivity contribution < 1.29 is 0 Å². The van der Waals surface area contributed by atoms with Crippen LogP contribution in [-0.2, 0) is 0 Å². The van der Waals surface area contributed by atoms with Gasteiger partial charge < -0.3 is 5.32 Å². The molecule has 1 aliphatic rings. The maximum absolute atomic E-state index is 6.09. The first-order valence-electron chi connectivity index (χ1n) is 6.26. The van der Waals surface area contributed by atoms with Crippen molar-refractivity contribution in [1.29, 1.82) is 0 Å². The van der Waals surface area contributed by atoms with E-state index in [1.165, 1.54) is 18.4 Å². The molecule has 17 heavy (non-hydrogen) atoms. The van der Waals surface area contributed by atoms with Crippen molar-refractivity contribution in [2.45, 2.75) is 38.6 Å². The molecule has 0 saturated heterocycles. The molecule has 0 aromatic heterocycles. The van der Waals surface area contributed by atoms with Gasteiger partial charge in [-0.15, -0.1) is 0 Å². The molecule has 1 fully saturated rings. The molecule has 1 aliphatic carbocycles. The average Bonchev–Trinajstić information content (AvgIpc) is 3.07. The van der Waals surface area contributed by atoms with Gasteiger partial charge in [-0.1, -0.05) is 43.1 Å². The lowest BCUT2D eigenvalue weighted by atomic mass is 9.88. The summed E-state index contributed by atoms with van der Waals surface area (Å²) >= 11 is 12.0. The zero-order valence-corrected chi connectivity index (χ0v) is 11.9. The summed E-state index contributed by atoms with van der Waals surface area (Å²) in [6, 6.07) is 6.74. The predicted molar refractivity (Wildman–Crippen MR) is 75.1 cm³/mol. The van der Waals surface area contributed by atoms with Gasteiger partial charge in [0.1, 0.15) is 0 Å². The fourth-order valence-electron chi connectivity index (χ4n) is 2.06. The van der Waals surface area contributed by atoms with Gasteiger partial charge >= 0.3 is 0 Å². The normalized spacial score (nSPS) is 17.5. The summed E-state index contributed by atoms with van der Waals surface area (Å²) in [5.41, 5.74) is 1.28. The Kier molecular flexibility index (Phi) is 4.35. The third kappa shape index (κ3) is 3.61. The summed E-state index contributed by atoms with van der Waals surface area (Å²) in [6.45, 7) is 5.53. The van der Waals surface area contributed by atoms with E-state index in [2.05, 4.69) is 25.2 Å². The number of halogens is 2. The highest BCUT2D eigenvalue weighted by Crippen LogP contribution is 2.30. The van der Waals surface area contributed by atoms with E-state index in [0.717, 1.165) is 12.6 Å². The van der Waals surface area contributed by atoms with Crippen LogP contribution in [0.2, 0.25) is 10.0 Å². The van der Waals surface area contributed by atoms with Crippen LogP contribution in [0.15, 0.2) is 18.2 Å². The minimum atomic E-state index is 0.505. The number of rotatable bonds is 5. The third-order valence-corrected chi connectivity index (χ3v) is 4.12. The topological polar surface area (TPSA) is 12.0 Å². The first-order valence-corrected chi connectivity index (χ1v) is 7.02. The molecule has 1 N–H and O–H groups in total. The molecule has 1 aromatic rings. The Morgan fingerprint density at radius 2 is 1.94 bits per heavy atom. The van der Waals surface area contributed by atoms with Gasteiger partial charge in [0.25, 0.3) is 0 Å². The lowest BCUT2D eigenvalue weighted by molar-refractivity contribution is 0.460. The summed E-state index contributed by atoms with van der Waals surface area (Å²) in [4.78, 5) is 0. The monoisotopic (exact) mass is 271 g/mol. The first-order chi connectivity index (χ1) is 8.08. The van der Waals surface area contributed by atoms with E-state index >= 15 is 0 Å². The second-order valence-electron chi connectivity index (χ2n) is 5.21. The largest absolute Gasteiger partial charge is 0.313 e. The summed E-state index contributed by atoms with van der Waals surface area (Å²) < 4.78 is 0. The molecule has 1 aromatic carbocycles. The third-order valence-electron chi connectivity index (χ3n) is 3.38. The fraction of sp³-hybridized carbons (Fsp3) is 0.571. The Morgan fingerprint density at radius 1 is 1.24 bits per heavy atom. The summed E-state index contributed by atoms with van der Waals surface area (Å²) in [5.74, 6) is 1.10. The molecule has 0 heterocycles. The van der Waals surface area contributed by atoms with E-state index < -0.39 is 0 Å². The van der Waals surface area contributed by atoms with Gasteiger partial charge in [-0.2, -0.15) is 0 Å². The number of hydrogen-bond donors (Lipinski definition) is 1. The zero-order valence-electron chi connectivity index (χ0n) is 10.3. The van der Waals surface area contributed by atoms with Crippen molar-refractivity contribution in [3.05, 3.63) is 33.8 Å². The Hall–Kier alpha value is -0.240. The van der Waals surface area contributed by atoms with Crippen LogP contribution in [0.3, 0.4) is 0 Å². The fourth-order valence-corrected chi connectivity index (χ4v) is 2.37. The quantitative estimate of drug-likeness (QED) is 0.833. The van der Waals surface area contributed by atoms with Gasteiger partial charge in [0, 0.05) is 12.6 Å². The summed E-state index contributed by atoms with van der Waals surface area (Å²) in [7, 11) is 0. The van der Waals surface area contributed by atoms with Gasteiger partial charge in [-0.05, 0) is 42.4 Å². The highest BCUT2D eigenvalue weighted by Gasteiger charge is 2.24. The second-order valence-corrected chi connectivity index (χ2v) is 6.02. The highest BCUT2D eigenvalue weighted by atomic mass is 35.5. The zero-order chi connectivity index (χ0) is 12.4. The SMILES string of the molecule is CC(C)C(CNC1CC1)c1ccc(Cl)c(Cl)c1. The van der Waals surface area contributed by atoms with Crippen LogP contribution in [0.4, 0.5) is 0 Å². The van der Waals surface area contributed by atoms with E-state index in [-0.39, 0.29) is 0 Å². The molecule has 0 amide bonds. The second kappa shape index (κ2) is 5.60. The van der Waals surface area contributed by atoms with Crippen molar-refractivity contribution in [2.24, 2.45) is 5.92 Å². The average molecular weight is 272 g/mol. The Morgan fingerprint density at radius 3 is 2.47 bits per heavy atom. The van der Waals surface area contributed by atoms with Gasteiger partial charge in [0.2, 0.25) is 0 Å². The lowest BCUT2D eigenvalue weighted by Gasteiger charge is -2.22. The van der Waals surface area contributed by atoms with Gasteiger partial charge in [0.05, 0.1) is 10.0 Å². The first kappa shape index (κ1) is 13.2. The van der Waals surface area contributed by atoms with E-state index in [0.29, 0.717) is 21.9 Å². The molecule has 2 rings (SSSR count). The van der Waals surface area contributed by atoms with Crippen molar-refractivity contribution in [3.63, 3.8) is 0 Å². The molecule has 94 valence electrons. The molecular weight excluding hydrogens is 253 g/mol. The van der Waals surface area contributed by atoms with Crippen LogP contribution < -0.4 is 5.32 Å². The van der Waals surface area contributed by atoms with Crippen molar-refractivity contribution in [1.82, 2.24) is 5.32 Å². The Labute approximate surface area is 114 Å². The maximum atomic E-state index is 6.09. The molecule has 1 atom stereocenters. The van der Waals surface area contributed by atoms with E-state index in [1.807, 2.05) is 12.1 Å². The van der Waals surface area contributed by atoms with Crippen LogP contribution in [0.5, 0.6) is 0 Å². The molecular formula is C14H19Cl2N. The minimum Gasteiger partial charge on any atom is -0.313 e. The molecule has 1 nitrogen and oxygen atoms in total. The number of benzene rings is 1. The lowest BCUT2D eigenvalue weighted by Crippen LogP contribution is -2.26. The van der Waals surface area contributed by atoms with Crippen molar-refractivity contribution in [3.8, 4) is 0 Å². The van der Waals surface area contributed by atoms with Gasteiger partial charge in [-0.25, -0.2) is 0 Å². The maximum Gasteiger partial charge on any atom is 0.0595 e. The van der Waals surface area contributed by atoms with E-state index in [1.54, 1.807) is 0 Å². The smallest absolute Gasteiger partial charge is 0.0595 e. The van der Waals surface area contributed by atoms with Crippen LogP contribution in [0.25, 0.3) is 0 Å². The molecule has 0 aliphatic heterocycles. The van der Waals surface area contributed by atoms with Crippen LogP contribution in [-0.4, -0.2) is 12.6 Å². The van der Waals surface area contributed by atoms with Crippen molar-refractivity contribution in [2.75, 3.05) is 6.54 Å². The number of nitrogens with one attached hydrogen (secondary N) is 1. The van der Waals surface area contributed by atoms with E-state index in [4.69, 9.17) is 23.2 Å². The molecule has 0 spiro atoms. The van der Waals surface area contributed by atoms with Gasteiger partial charge in [-0.3, -0.25) is 0 Å². The minimum absolute atomic E-state index is 0.505. The molecule has 0 bridgehead atoms. The standard InChI is InChI=1S/C14H19Cl2N/c1-9(2)12(8-17-11-4-5-11)10-3-6-13(15)14(16)7-10/h3,6-7,9,11-12,17H,4-5,8H2,1-2H3. The van der Waals surface area contributed by atoms with Crippen molar-refractivity contribution >= 4 is 23.2 Å². The number of hydrogen-bond acceptors (Lipinski definition) is 1. The predicted octanol–water partition coefficient (Wildman–Crippen LogP) is 4.49. The Bertz CT molecular complexity index is 386. The Balaban J connectivity index is 2.09. The molecule has 3 heteroatoms. The summed E-state index contributed by atoms with van der Waals surface area (Å²) in [5, 5.41) is 4.88. The van der Waals surface area contributed by atoms with E-state index in [9.17, 15) is 0 Å². The van der Waals surface area contributed by atoms with Crippen LogP contribution >= 0.6 is 23.2 Å². The molecule has 1 saturated carbocycles. The van der Waals surface area contributed by atoms with Gasteiger partial charge in [0.15, 0.2) is 0 Å².